The Hall–Kier alpha value is -0.780. The molecule has 0 radical (unpaired) electrons. The zero-order valence-electron chi connectivity index (χ0n) is 7.92. The maximum atomic E-state index is 12.2. The van der Waals surface area contributed by atoms with E-state index in [0.29, 0.717) is 0 Å². The van der Waals surface area contributed by atoms with Crippen LogP contribution < -0.4 is 0 Å². The summed E-state index contributed by atoms with van der Waals surface area (Å²) in [5.74, 6) is -11.6. The molecule has 1 unspecified atom stereocenters. The van der Waals surface area contributed by atoms with Gasteiger partial charge in [-0.05, 0) is 0 Å². The molecule has 110 valence electrons. The van der Waals surface area contributed by atoms with Crippen LogP contribution in [0.2, 0.25) is 0 Å². The second-order valence-electron chi connectivity index (χ2n) is 2.99. The van der Waals surface area contributed by atoms with E-state index in [0.717, 1.165) is 0 Å². The van der Waals surface area contributed by atoms with Crippen molar-refractivity contribution in [3.8, 4) is 0 Å². The second-order valence-corrected chi connectivity index (χ2v) is 2.99. The van der Waals surface area contributed by atoms with Crippen LogP contribution in [-0.4, -0.2) is 42.2 Å². The van der Waals surface area contributed by atoms with Crippen molar-refractivity contribution in [1.82, 2.24) is 0 Å². The zero-order chi connectivity index (χ0) is 15.0. The number of hydrogen-bond donors (Lipinski definition) is 1. The van der Waals surface area contributed by atoms with Gasteiger partial charge < -0.3 is 9.84 Å². The van der Waals surface area contributed by atoms with E-state index >= 15 is 0 Å². The van der Waals surface area contributed by atoms with Gasteiger partial charge in [-0.1, -0.05) is 0 Å². The second kappa shape index (κ2) is 4.72. The third-order valence-corrected chi connectivity index (χ3v) is 1.53. The highest BCUT2D eigenvalue weighted by Gasteiger charge is 2.65. The van der Waals surface area contributed by atoms with Gasteiger partial charge in [0, 0.05) is 0 Å². The Morgan fingerprint density at radius 3 is 1.44 bits per heavy atom. The van der Waals surface area contributed by atoms with Crippen LogP contribution in [0.25, 0.3) is 0 Å². The molecule has 0 aromatic carbocycles. The van der Waals surface area contributed by atoms with Crippen molar-refractivity contribution in [3.63, 3.8) is 0 Å². The highest BCUT2D eigenvalue weighted by molar-refractivity contribution is 4.81. The largest absolute Gasteiger partial charge is 0.458 e. The van der Waals surface area contributed by atoms with Crippen molar-refractivity contribution in [2.75, 3.05) is 6.61 Å². The molecule has 0 saturated carbocycles. The average molecular weight is 298 g/mol. The van der Waals surface area contributed by atoms with Gasteiger partial charge in [0.25, 0.3) is 0 Å². The summed E-state index contributed by atoms with van der Waals surface area (Å²) in [6.45, 7) is -2.87. The first-order chi connectivity index (χ1) is 7.63. The first kappa shape index (κ1) is 17.2. The lowest BCUT2D eigenvalue weighted by Gasteiger charge is -2.26. The fourth-order valence-electron chi connectivity index (χ4n) is 0.510. The van der Waals surface area contributed by atoms with Gasteiger partial charge in [-0.15, -0.1) is 0 Å². The van der Waals surface area contributed by atoms with Crippen LogP contribution in [0.3, 0.4) is 0 Å². The van der Waals surface area contributed by atoms with E-state index in [-0.39, 0.29) is 0 Å². The lowest BCUT2D eigenvalue weighted by atomic mass is 10.3. The summed E-state index contributed by atoms with van der Waals surface area (Å²) >= 11 is 0. The predicted molar refractivity (Wildman–Crippen MR) is 34.0 cm³/mol. The van der Waals surface area contributed by atoms with Crippen molar-refractivity contribution in [3.05, 3.63) is 0 Å². The fraction of sp³-hybridized carbons (Fsp3) is 1.00. The minimum Gasteiger partial charge on any atom is -0.363 e. The number of rotatable bonds is 4. The third kappa shape index (κ3) is 3.60. The predicted octanol–water partition coefficient (Wildman–Crippen LogP) is 2.72. The molecule has 0 saturated heterocycles. The van der Waals surface area contributed by atoms with Gasteiger partial charge in [0.05, 0.1) is 0 Å². The lowest BCUT2D eigenvalue weighted by molar-refractivity contribution is -0.373. The molecule has 0 heterocycles. The summed E-state index contributed by atoms with van der Waals surface area (Å²) in [7, 11) is 0. The van der Waals surface area contributed by atoms with E-state index in [4.69, 9.17) is 5.11 Å². The minimum atomic E-state index is -6.36. The van der Waals surface area contributed by atoms with E-state index in [2.05, 4.69) is 4.74 Å². The zero-order valence-corrected chi connectivity index (χ0v) is 7.92. The number of hydrogen-bond acceptors (Lipinski definition) is 2. The van der Waals surface area contributed by atoms with E-state index in [1.165, 1.54) is 0 Å². The van der Waals surface area contributed by atoms with Crippen molar-refractivity contribution >= 4 is 0 Å². The number of aliphatic hydroxyl groups is 1. The van der Waals surface area contributed by atoms with Crippen molar-refractivity contribution in [1.29, 1.82) is 0 Å². The highest BCUT2D eigenvalue weighted by Crippen LogP contribution is 2.40. The van der Waals surface area contributed by atoms with Gasteiger partial charge in [0.2, 0.25) is 6.29 Å². The topological polar surface area (TPSA) is 29.5 Å². The van der Waals surface area contributed by atoms with E-state index in [9.17, 15) is 43.9 Å². The Bertz CT molecular complexity index is 279. The van der Waals surface area contributed by atoms with Crippen molar-refractivity contribution in [2.24, 2.45) is 0 Å². The molecule has 1 N–H and O–H groups in total. The monoisotopic (exact) mass is 298 g/mol. The molecule has 0 aromatic rings. The van der Waals surface area contributed by atoms with Gasteiger partial charge >= 0.3 is 24.2 Å². The van der Waals surface area contributed by atoms with Gasteiger partial charge in [0.1, 0.15) is 6.61 Å². The molecule has 2 nitrogen and oxygen atoms in total. The molecule has 0 spiro atoms. The van der Waals surface area contributed by atoms with E-state index in [1.807, 2.05) is 0 Å². The van der Waals surface area contributed by atoms with Crippen molar-refractivity contribution < 1.29 is 53.7 Å². The number of aliphatic hydroxyl groups excluding tert-OH is 1. The lowest BCUT2D eigenvalue weighted by Crippen LogP contribution is -2.51. The Morgan fingerprint density at radius 2 is 1.17 bits per heavy atom. The SMILES string of the molecule is OC(OCC(F)(F)C(F)(F)F)C(F)(F)C(F)(F)F. The summed E-state index contributed by atoms with van der Waals surface area (Å²) in [6, 6.07) is 0. The molecule has 0 bridgehead atoms. The molecule has 12 heteroatoms. The van der Waals surface area contributed by atoms with Crippen LogP contribution in [0, 0.1) is 0 Å². The molecule has 0 aliphatic carbocycles. The number of halogens is 10. The third-order valence-electron chi connectivity index (χ3n) is 1.53. The van der Waals surface area contributed by atoms with Crippen LogP contribution in [0.15, 0.2) is 0 Å². The Morgan fingerprint density at radius 1 is 0.778 bits per heavy atom. The smallest absolute Gasteiger partial charge is 0.363 e. The van der Waals surface area contributed by atoms with Crippen LogP contribution in [0.4, 0.5) is 43.9 Å². The molecule has 0 aliphatic rings. The molecule has 18 heavy (non-hydrogen) atoms. The Balaban J connectivity index is 4.67. The summed E-state index contributed by atoms with van der Waals surface area (Å²) in [6.07, 6.45) is -16.7. The highest BCUT2D eigenvalue weighted by atomic mass is 19.4. The molecule has 0 fully saturated rings. The quantitative estimate of drug-likeness (QED) is 0.639. The van der Waals surface area contributed by atoms with Crippen molar-refractivity contribution in [2.45, 2.75) is 30.5 Å². The summed E-state index contributed by atoms with van der Waals surface area (Å²) in [4.78, 5) is 0. The molecule has 0 aliphatic heterocycles. The number of alkyl halides is 10. The van der Waals surface area contributed by atoms with Crippen LogP contribution >= 0.6 is 0 Å². The Kier molecular flexibility index (Phi) is 4.51. The first-order valence-corrected chi connectivity index (χ1v) is 3.81. The molecular formula is C6H4F10O2. The first-order valence-electron chi connectivity index (χ1n) is 3.81. The molecule has 0 aromatic heterocycles. The summed E-state index contributed by atoms with van der Waals surface area (Å²) in [5.41, 5.74) is 0. The summed E-state index contributed by atoms with van der Waals surface area (Å²) in [5, 5.41) is 8.15. The van der Waals surface area contributed by atoms with Gasteiger partial charge in [-0.2, -0.15) is 43.9 Å². The molecular weight excluding hydrogens is 294 g/mol. The Labute approximate surface area is 92.1 Å². The minimum absolute atomic E-state index is 2.84. The van der Waals surface area contributed by atoms with Gasteiger partial charge in [0.15, 0.2) is 0 Å². The van der Waals surface area contributed by atoms with E-state index in [1.54, 1.807) is 0 Å². The maximum Gasteiger partial charge on any atom is 0.458 e. The number of ether oxygens (including phenoxy) is 1. The molecule has 0 amide bonds. The maximum absolute atomic E-state index is 12.2. The van der Waals surface area contributed by atoms with Crippen LogP contribution in [0.5, 0.6) is 0 Å². The van der Waals surface area contributed by atoms with Crippen LogP contribution in [-0.2, 0) is 4.74 Å². The van der Waals surface area contributed by atoms with Gasteiger partial charge in [-0.25, -0.2) is 0 Å². The molecule has 0 rings (SSSR count). The standard InChI is InChI=1S/C6H4F10O2/c7-3(8,5(11,12)13)1-18-2(17)4(9,10)6(14,15)16/h2,17H,1H2. The van der Waals surface area contributed by atoms with E-state index < -0.39 is 37.1 Å². The summed E-state index contributed by atoms with van der Waals surface area (Å²) < 4.78 is 120. The van der Waals surface area contributed by atoms with Gasteiger partial charge in [-0.3, -0.25) is 0 Å². The fourth-order valence-corrected chi connectivity index (χ4v) is 0.510. The average Bonchev–Trinajstić information content (AvgIpc) is 2.10. The molecule has 1 atom stereocenters. The normalized spacial score (nSPS) is 16.8. The van der Waals surface area contributed by atoms with Crippen LogP contribution in [0.1, 0.15) is 0 Å².